The SMILES string of the molecule is CCOc1ccc(NC(=O)[C@H](C)N2C(=O)c3ccc(C)cc3C2=O)cc1S(=O)(=O)N(CC)CC. The van der Waals surface area contributed by atoms with Crippen molar-refractivity contribution in [2.24, 2.45) is 0 Å². The van der Waals surface area contributed by atoms with Crippen molar-refractivity contribution >= 4 is 33.4 Å². The van der Waals surface area contributed by atoms with E-state index in [1.54, 1.807) is 39.0 Å². The van der Waals surface area contributed by atoms with Gasteiger partial charge in [-0.15, -0.1) is 0 Å². The number of carbonyl (C=O) groups excluding carboxylic acids is 3. The van der Waals surface area contributed by atoms with Gasteiger partial charge in [0.15, 0.2) is 0 Å². The predicted octanol–water partition coefficient (Wildman–Crippen LogP) is 3.05. The molecule has 0 bridgehead atoms. The third kappa shape index (κ3) is 4.55. The van der Waals surface area contributed by atoms with Crippen LogP contribution in [0.1, 0.15) is 54.0 Å². The third-order valence-electron chi connectivity index (χ3n) is 5.67. The predicted molar refractivity (Wildman–Crippen MR) is 127 cm³/mol. The maximum atomic E-state index is 13.1. The Balaban J connectivity index is 1.89. The van der Waals surface area contributed by atoms with Crippen molar-refractivity contribution < 1.29 is 27.5 Å². The van der Waals surface area contributed by atoms with Crippen LogP contribution in [0.15, 0.2) is 41.3 Å². The summed E-state index contributed by atoms with van der Waals surface area (Å²) in [4.78, 5) is 39.4. The van der Waals surface area contributed by atoms with Crippen LogP contribution in [0.4, 0.5) is 5.69 Å². The molecule has 0 saturated carbocycles. The van der Waals surface area contributed by atoms with Gasteiger partial charge < -0.3 is 10.1 Å². The molecule has 182 valence electrons. The van der Waals surface area contributed by atoms with Gasteiger partial charge in [-0.1, -0.05) is 25.5 Å². The fraction of sp³-hybridized carbons (Fsp3) is 0.375. The lowest BCUT2D eigenvalue weighted by Crippen LogP contribution is -2.45. The number of amides is 3. The Morgan fingerprint density at radius 2 is 1.68 bits per heavy atom. The van der Waals surface area contributed by atoms with E-state index in [9.17, 15) is 22.8 Å². The molecular formula is C24H29N3O6S. The molecule has 0 unspecified atom stereocenters. The Bertz CT molecular complexity index is 1240. The zero-order valence-corrected chi connectivity index (χ0v) is 20.7. The number of carbonyl (C=O) groups is 3. The van der Waals surface area contributed by atoms with E-state index in [4.69, 9.17) is 4.74 Å². The Hall–Kier alpha value is -3.24. The lowest BCUT2D eigenvalue weighted by Gasteiger charge is -2.23. The number of fused-ring (bicyclic) bond motifs is 1. The highest BCUT2D eigenvalue weighted by Gasteiger charge is 2.41. The highest BCUT2D eigenvalue weighted by molar-refractivity contribution is 7.89. The Labute approximate surface area is 199 Å². The summed E-state index contributed by atoms with van der Waals surface area (Å²) in [5.41, 5.74) is 1.55. The van der Waals surface area contributed by atoms with Crippen LogP contribution in [-0.4, -0.2) is 61.1 Å². The van der Waals surface area contributed by atoms with Crippen LogP contribution < -0.4 is 10.1 Å². The number of hydrogen-bond acceptors (Lipinski definition) is 6. The average molecular weight is 488 g/mol. The monoisotopic (exact) mass is 487 g/mol. The van der Waals surface area contributed by atoms with Gasteiger partial charge in [-0.25, -0.2) is 8.42 Å². The smallest absolute Gasteiger partial charge is 0.262 e. The highest BCUT2D eigenvalue weighted by atomic mass is 32.2. The highest BCUT2D eigenvalue weighted by Crippen LogP contribution is 2.31. The molecule has 10 heteroatoms. The van der Waals surface area contributed by atoms with Crippen molar-refractivity contribution in [2.75, 3.05) is 25.0 Å². The van der Waals surface area contributed by atoms with Crippen LogP contribution >= 0.6 is 0 Å². The Kier molecular flexibility index (Phi) is 7.42. The molecule has 34 heavy (non-hydrogen) atoms. The number of nitrogens with one attached hydrogen (secondary N) is 1. The van der Waals surface area contributed by atoms with Crippen molar-refractivity contribution in [3.8, 4) is 5.75 Å². The molecule has 0 aromatic heterocycles. The summed E-state index contributed by atoms with van der Waals surface area (Å²) in [6.45, 7) is 9.29. The molecule has 9 nitrogen and oxygen atoms in total. The summed E-state index contributed by atoms with van der Waals surface area (Å²) in [7, 11) is -3.87. The van der Waals surface area contributed by atoms with Gasteiger partial charge >= 0.3 is 0 Å². The van der Waals surface area contributed by atoms with E-state index in [2.05, 4.69) is 5.32 Å². The molecule has 0 aliphatic carbocycles. The number of ether oxygens (including phenoxy) is 1. The molecule has 1 aliphatic heterocycles. The number of hydrogen-bond donors (Lipinski definition) is 1. The van der Waals surface area contributed by atoms with E-state index in [1.165, 1.54) is 29.4 Å². The minimum absolute atomic E-state index is 0.0697. The average Bonchev–Trinajstić information content (AvgIpc) is 3.04. The van der Waals surface area contributed by atoms with Crippen molar-refractivity contribution in [3.05, 3.63) is 53.1 Å². The van der Waals surface area contributed by atoms with Crippen molar-refractivity contribution in [1.82, 2.24) is 9.21 Å². The van der Waals surface area contributed by atoms with Crippen LogP contribution in [0.5, 0.6) is 5.75 Å². The first kappa shape index (κ1) is 25.4. The largest absolute Gasteiger partial charge is 0.492 e. The second kappa shape index (κ2) is 9.94. The fourth-order valence-electron chi connectivity index (χ4n) is 3.85. The molecule has 1 N–H and O–H groups in total. The number of sulfonamides is 1. The van der Waals surface area contributed by atoms with Crippen LogP contribution in [-0.2, 0) is 14.8 Å². The maximum absolute atomic E-state index is 13.1. The van der Waals surface area contributed by atoms with Gasteiger partial charge in [0, 0.05) is 18.8 Å². The van der Waals surface area contributed by atoms with E-state index >= 15 is 0 Å². The molecule has 1 atom stereocenters. The Morgan fingerprint density at radius 1 is 1.03 bits per heavy atom. The van der Waals surface area contributed by atoms with E-state index in [1.807, 2.05) is 6.92 Å². The molecular weight excluding hydrogens is 458 g/mol. The first-order chi connectivity index (χ1) is 16.1. The standard InChI is InChI=1S/C24H29N3O6S/c1-6-26(7-2)34(31,32)21-14-17(10-12-20(21)33-8-3)25-22(28)16(5)27-23(29)18-11-9-15(4)13-19(18)24(27)30/h9-14,16H,6-8H2,1-5H3,(H,25,28)/t16-/m0/s1. The molecule has 0 saturated heterocycles. The van der Waals surface area contributed by atoms with Gasteiger partial charge in [-0.3, -0.25) is 19.3 Å². The number of nitrogens with zero attached hydrogens (tertiary/aromatic N) is 2. The van der Waals surface area contributed by atoms with Crippen LogP contribution in [0.2, 0.25) is 0 Å². The zero-order valence-electron chi connectivity index (χ0n) is 19.9. The molecule has 0 spiro atoms. The summed E-state index contributed by atoms with van der Waals surface area (Å²) >= 11 is 0. The lowest BCUT2D eigenvalue weighted by molar-refractivity contribution is -0.119. The molecule has 0 radical (unpaired) electrons. The first-order valence-corrected chi connectivity index (χ1v) is 12.6. The summed E-state index contributed by atoms with van der Waals surface area (Å²) in [5, 5.41) is 2.63. The van der Waals surface area contributed by atoms with Gasteiger partial charge in [-0.05, 0) is 51.1 Å². The van der Waals surface area contributed by atoms with Crippen LogP contribution in [0, 0.1) is 6.92 Å². The molecule has 2 aromatic carbocycles. The number of anilines is 1. The molecule has 3 rings (SSSR count). The Morgan fingerprint density at radius 3 is 2.29 bits per heavy atom. The second-order valence-corrected chi connectivity index (χ2v) is 9.78. The van der Waals surface area contributed by atoms with E-state index < -0.39 is 33.8 Å². The quantitative estimate of drug-likeness (QED) is 0.544. The molecule has 3 amide bonds. The van der Waals surface area contributed by atoms with Crippen LogP contribution in [0.3, 0.4) is 0 Å². The minimum Gasteiger partial charge on any atom is -0.492 e. The summed E-state index contributed by atoms with van der Waals surface area (Å²) in [5.74, 6) is -1.53. The zero-order chi connectivity index (χ0) is 25.2. The minimum atomic E-state index is -3.87. The molecule has 1 heterocycles. The number of benzene rings is 2. The molecule has 1 aliphatic rings. The molecule has 2 aromatic rings. The normalized spacial score (nSPS) is 14.4. The van der Waals surface area contributed by atoms with Crippen molar-refractivity contribution in [3.63, 3.8) is 0 Å². The van der Waals surface area contributed by atoms with Gasteiger partial charge in [0.2, 0.25) is 15.9 Å². The number of imide groups is 1. The lowest BCUT2D eigenvalue weighted by atomic mass is 10.1. The third-order valence-corrected chi connectivity index (χ3v) is 7.75. The van der Waals surface area contributed by atoms with E-state index in [-0.39, 0.29) is 47.2 Å². The van der Waals surface area contributed by atoms with Gasteiger partial charge in [0.1, 0.15) is 16.7 Å². The van der Waals surface area contributed by atoms with Crippen molar-refractivity contribution in [2.45, 2.75) is 45.6 Å². The number of aryl methyl sites for hydroxylation is 1. The van der Waals surface area contributed by atoms with E-state index in [0.717, 1.165) is 10.5 Å². The fourth-order valence-corrected chi connectivity index (χ4v) is 5.47. The van der Waals surface area contributed by atoms with Gasteiger partial charge in [0.25, 0.3) is 11.8 Å². The van der Waals surface area contributed by atoms with Gasteiger partial charge in [0.05, 0.1) is 17.7 Å². The van der Waals surface area contributed by atoms with E-state index in [0.29, 0.717) is 0 Å². The van der Waals surface area contributed by atoms with Crippen molar-refractivity contribution in [1.29, 1.82) is 0 Å². The summed E-state index contributed by atoms with van der Waals surface area (Å²) in [6.07, 6.45) is 0. The summed E-state index contributed by atoms with van der Waals surface area (Å²) < 4.78 is 33.1. The maximum Gasteiger partial charge on any atom is 0.262 e. The topological polar surface area (TPSA) is 113 Å². The number of rotatable bonds is 9. The summed E-state index contributed by atoms with van der Waals surface area (Å²) in [6, 6.07) is 8.14. The first-order valence-electron chi connectivity index (χ1n) is 11.1. The van der Waals surface area contributed by atoms with Gasteiger partial charge in [-0.2, -0.15) is 4.31 Å². The second-order valence-electron chi connectivity index (χ2n) is 7.88. The molecule has 0 fully saturated rings. The van der Waals surface area contributed by atoms with Crippen LogP contribution in [0.25, 0.3) is 0 Å².